The predicted octanol–water partition coefficient (Wildman–Crippen LogP) is 9.55. The highest BCUT2D eigenvalue weighted by Gasteiger charge is 1.96. The second kappa shape index (κ2) is 21.9. The number of hydrogen-bond donors (Lipinski definition) is 0. The van der Waals surface area contributed by atoms with E-state index >= 15 is 0 Å². The first-order chi connectivity index (χ1) is 15.4. The fourth-order valence-electron chi connectivity index (χ4n) is 3.94. The zero-order valence-electron chi connectivity index (χ0n) is 20.9. The maximum Gasteiger partial charge on any atom is 0.119 e. The van der Waals surface area contributed by atoms with Crippen LogP contribution in [0.2, 0.25) is 0 Å². The zero-order chi connectivity index (χ0) is 22.2. The molecule has 0 aliphatic rings. The number of nitrogens with zero attached hydrogens (tertiary/aromatic N) is 1. The lowest BCUT2D eigenvalue weighted by Crippen LogP contribution is -1.97. The Morgan fingerprint density at radius 3 is 1.55 bits per heavy atom. The molecule has 0 atom stereocenters. The van der Waals surface area contributed by atoms with Gasteiger partial charge in [0.1, 0.15) is 5.75 Å². The molecule has 1 rings (SSSR count). The van der Waals surface area contributed by atoms with Crippen LogP contribution in [-0.4, -0.2) is 19.4 Å². The molecule has 0 heterocycles. The fourth-order valence-corrected chi connectivity index (χ4v) is 3.94. The monoisotopic (exact) mass is 429 g/mol. The average Bonchev–Trinajstić information content (AvgIpc) is 2.79. The maximum atomic E-state index is 5.90. The van der Waals surface area contributed by atoms with Crippen LogP contribution in [0.25, 0.3) is 0 Å². The molecule has 0 saturated carbocycles. The van der Waals surface area contributed by atoms with Crippen molar-refractivity contribution in [2.45, 2.75) is 129 Å². The Morgan fingerprint density at radius 2 is 1.03 bits per heavy atom. The summed E-state index contributed by atoms with van der Waals surface area (Å²) < 4.78 is 5.90. The summed E-state index contributed by atoms with van der Waals surface area (Å²) in [4.78, 5) is 4.56. The van der Waals surface area contributed by atoms with Crippen molar-refractivity contribution < 1.29 is 4.74 Å². The van der Waals surface area contributed by atoms with E-state index in [0.29, 0.717) is 0 Å². The predicted molar refractivity (Wildman–Crippen MR) is 139 cm³/mol. The molecule has 1 aromatic rings. The van der Waals surface area contributed by atoms with Gasteiger partial charge in [0.2, 0.25) is 0 Å². The number of ether oxygens (including phenoxy) is 1. The van der Waals surface area contributed by atoms with Gasteiger partial charge in [-0.15, -0.1) is 0 Å². The number of rotatable bonds is 22. The molecule has 0 N–H and O–H groups in total. The normalized spacial score (nSPS) is 11.4. The molecule has 0 unspecified atom stereocenters. The molecule has 2 nitrogen and oxygen atoms in total. The lowest BCUT2D eigenvalue weighted by atomic mass is 10.1. The van der Waals surface area contributed by atoms with Gasteiger partial charge in [0.05, 0.1) is 6.61 Å². The van der Waals surface area contributed by atoms with Crippen LogP contribution in [0.1, 0.15) is 135 Å². The van der Waals surface area contributed by atoms with Crippen LogP contribution in [0, 0.1) is 0 Å². The van der Waals surface area contributed by atoms with E-state index in [1.807, 2.05) is 6.21 Å². The standard InChI is InChI=1S/C29H51NO/c1-3-5-7-9-11-12-13-14-15-16-18-20-26-31-29-23-21-28(22-24-29)27-30-25-19-17-10-8-6-4-2/h21-24,27H,3-20,25-26H2,1-2H3. The third-order valence-electron chi connectivity index (χ3n) is 6.03. The first kappa shape index (κ1) is 27.7. The lowest BCUT2D eigenvalue weighted by molar-refractivity contribution is 0.304. The van der Waals surface area contributed by atoms with Crippen LogP contribution in [0.4, 0.5) is 0 Å². The summed E-state index contributed by atoms with van der Waals surface area (Å²) in [5, 5.41) is 0. The molecule has 1 aromatic carbocycles. The van der Waals surface area contributed by atoms with Crippen molar-refractivity contribution >= 4 is 6.21 Å². The van der Waals surface area contributed by atoms with E-state index in [0.717, 1.165) is 18.9 Å². The van der Waals surface area contributed by atoms with Gasteiger partial charge in [-0.3, -0.25) is 4.99 Å². The topological polar surface area (TPSA) is 21.6 Å². The van der Waals surface area contributed by atoms with Gasteiger partial charge >= 0.3 is 0 Å². The van der Waals surface area contributed by atoms with Crippen LogP contribution >= 0.6 is 0 Å². The van der Waals surface area contributed by atoms with Crippen LogP contribution in [0.3, 0.4) is 0 Å². The van der Waals surface area contributed by atoms with Gasteiger partial charge in [0.15, 0.2) is 0 Å². The van der Waals surface area contributed by atoms with Crippen LogP contribution < -0.4 is 4.74 Å². The Morgan fingerprint density at radius 1 is 0.581 bits per heavy atom. The molecule has 0 aliphatic heterocycles. The minimum absolute atomic E-state index is 0.836. The number of benzene rings is 1. The molecule has 2 heteroatoms. The quantitative estimate of drug-likeness (QED) is 0.133. The first-order valence-electron chi connectivity index (χ1n) is 13.6. The Balaban J connectivity index is 1.93. The van der Waals surface area contributed by atoms with Crippen molar-refractivity contribution in [2.24, 2.45) is 4.99 Å². The van der Waals surface area contributed by atoms with Crippen molar-refractivity contribution in [3.05, 3.63) is 29.8 Å². The van der Waals surface area contributed by atoms with Crippen LogP contribution in [0.5, 0.6) is 5.75 Å². The van der Waals surface area contributed by atoms with Crippen molar-refractivity contribution in [1.29, 1.82) is 0 Å². The molecule has 0 aliphatic carbocycles. The summed E-state index contributed by atoms with van der Waals surface area (Å²) in [6.07, 6.45) is 26.5. The zero-order valence-corrected chi connectivity index (χ0v) is 20.9. The summed E-state index contributed by atoms with van der Waals surface area (Å²) >= 11 is 0. The Bertz CT molecular complexity index is 508. The van der Waals surface area contributed by atoms with E-state index in [1.54, 1.807) is 0 Å². The van der Waals surface area contributed by atoms with Crippen molar-refractivity contribution in [3.8, 4) is 5.75 Å². The largest absolute Gasteiger partial charge is 0.494 e. The van der Waals surface area contributed by atoms with E-state index in [9.17, 15) is 0 Å². The smallest absolute Gasteiger partial charge is 0.119 e. The van der Waals surface area contributed by atoms with E-state index < -0.39 is 0 Å². The van der Waals surface area contributed by atoms with Gasteiger partial charge in [-0.2, -0.15) is 0 Å². The van der Waals surface area contributed by atoms with Gasteiger partial charge in [-0.05, 0) is 42.7 Å². The minimum atomic E-state index is 0.836. The maximum absolute atomic E-state index is 5.90. The van der Waals surface area contributed by atoms with Gasteiger partial charge in [0, 0.05) is 12.8 Å². The molecule has 0 radical (unpaired) electrons. The second-order valence-corrected chi connectivity index (χ2v) is 9.11. The van der Waals surface area contributed by atoms with Gasteiger partial charge in [0.25, 0.3) is 0 Å². The van der Waals surface area contributed by atoms with Gasteiger partial charge in [-0.1, -0.05) is 117 Å². The molecule has 0 fully saturated rings. The molecular weight excluding hydrogens is 378 g/mol. The van der Waals surface area contributed by atoms with E-state index in [1.165, 1.54) is 121 Å². The van der Waals surface area contributed by atoms with E-state index in [4.69, 9.17) is 4.74 Å². The molecule has 31 heavy (non-hydrogen) atoms. The van der Waals surface area contributed by atoms with Crippen molar-refractivity contribution in [1.82, 2.24) is 0 Å². The first-order valence-corrected chi connectivity index (χ1v) is 13.6. The third kappa shape index (κ3) is 18.0. The highest BCUT2D eigenvalue weighted by atomic mass is 16.5. The highest BCUT2D eigenvalue weighted by Crippen LogP contribution is 2.14. The minimum Gasteiger partial charge on any atom is -0.494 e. The van der Waals surface area contributed by atoms with Gasteiger partial charge < -0.3 is 4.74 Å². The molecule has 0 saturated heterocycles. The third-order valence-corrected chi connectivity index (χ3v) is 6.03. The number of hydrogen-bond acceptors (Lipinski definition) is 2. The Hall–Kier alpha value is -1.31. The summed E-state index contributed by atoms with van der Waals surface area (Å²) in [5.41, 5.74) is 1.17. The lowest BCUT2D eigenvalue weighted by Gasteiger charge is -2.06. The molecule has 178 valence electrons. The number of aliphatic imine (C=N–C) groups is 1. The molecule has 0 spiro atoms. The highest BCUT2D eigenvalue weighted by molar-refractivity contribution is 5.79. The second-order valence-electron chi connectivity index (χ2n) is 9.11. The summed E-state index contributed by atoms with van der Waals surface area (Å²) in [6.45, 7) is 6.33. The molecular formula is C29H51NO. The summed E-state index contributed by atoms with van der Waals surface area (Å²) in [5.74, 6) is 0.983. The van der Waals surface area contributed by atoms with E-state index in [-0.39, 0.29) is 0 Å². The van der Waals surface area contributed by atoms with Gasteiger partial charge in [-0.25, -0.2) is 0 Å². The van der Waals surface area contributed by atoms with Crippen LogP contribution in [0.15, 0.2) is 29.3 Å². The molecule has 0 bridgehead atoms. The molecule has 0 amide bonds. The van der Waals surface area contributed by atoms with Crippen LogP contribution in [-0.2, 0) is 0 Å². The van der Waals surface area contributed by atoms with E-state index in [2.05, 4.69) is 43.1 Å². The summed E-state index contributed by atoms with van der Waals surface area (Å²) in [6, 6.07) is 8.38. The fraction of sp³-hybridized carbons (Fsp3) is 0.759. The number of unbranched alkanes of at least 4 members (excludes halogenated alkanes) is 16. The average molecular weight is 430 g/mol. The van der Waals surface area contributed by atoms with Crippen molar-refractivity contribution in [3.63, 3.8) is 0 Å². The molecule has 0 aromatic heterocycles. The Kier molecular flexibility index (Phi) is 19.6. The Labute approximate surface area is 194 Å². The summed E-state index contributed by atoms with van der Waals surface area (Å²) in [7, 11) is 0. The SMILES string of the molecule is CCCCCCCCCCCCCCOc1ccc(C=NCCCCCCCC)cc1. The van der Waals surface area contributed by atoms with Crippen molar-refractivity contribution in [2.75, 3.05) is 13.2 Å².